The van der Waals surface area contributed by atoms with Crippen LogP contribution in [0.3, 0.4) is 0 Å². The number of likely N-dealkylation sites (tertiary alicyclic amines) is 1. The van der Waals surface area contributed by atoms with E-state index >= 15 is 0 Å². The molecule has 2 saturated heterocycles. The lowest BCUT2D eigenvalue weighted by Crippen LogP contribution is -2.52. The number of benzene rings is 1. The summed E-state index contributed by atoms with van der Waals surface area (Å²) in [5, 5.41) is 9.84. The van der Waals surface area contributed by atoms with Crippen LogP contribution < -0.4 is 0 Å². The van der Waals surface area contributed by atoms with Gasteiger partial charge in [0.15, 0.2) is 0 Å². The van der Waals surface area contributed by atoms with E-state index in [0.717, 1.165) is 17.7 Å². The molecule has 0 saturated carbocycles. The lowest BCUT2D eigenvalue weighted by Gasteiger charge is -2.45. The van der Waals surface area contributed by atoms with Gasteiger partial charge in [0.2, 0.25) is 5.91 Å². The molecule has 4 nitrogen and oxygen atoms in total. The topological polar surface area (TPSA) is 49.8 Å². The van der Waals surface area contributed by atoms with Crippen molar-refractivity contribution >= 4 is 17.7 Å². The molecule has 1 N–H and O–H groups in total. The van der Waals surface area contributed by atoms with Gasteiger partial charge in [-0.3, -0.25) is 4.79 Å². The van der Waals surface area contributed by atoms with Crippen LogP contribution in [0.1, 0.15) is 25.7 Å². The van der Waals surface area contributed by atoms with Crippen LogP contribution in [0.4, 0.5) is 4.39 Å². The number of rotatable bonds is 3. The summed E-state index contributed by atoms with van der Waals surface area (Å²) in [6.07, 6.45) is 2.69. The second-order valence-electron chi connectivity index (χ2n) is 6.30. The highest BCUT2D eigenvalue weighted by Crippen LogP contribution is 2.35. The fraction of sp³-hybridized carbons (Fsp3) is 0.588. The summed E-state index contributed by atoms with van der Waals surface area (Å²) in [5.74, 6) is 0.199. The molecule has 1 amide bonds. The molecule has 0 aliphatic carbocycles. The van der Waals surface area contributed by atoms with Gasteiger partial charge < -0.3 is 14.7 Å². The third kappa shape index (κ3) is 4.25. The number of carbonyl (C=O) groups is 1. The van der Waals surface area contributed by atoms with E-state index < -0.39 is 0 Å². The summed E-state index contributed by atoms with van der Waals surface area (Å²) < 4.78 is 18.8. The summed E-state index contributed by atoms with van der Waals surface area (Å²) >= 11 is 1.43. The highest BCUT2D eigenvalue weighted by atomic mass is 32.2. The van der Waals surface area contributed by atoms with Crippen molar-refractivity contribution in [3.8, 4) is 0 Å². The van der Waals surface area contributed by atoms with E-state index in [1.165, 1.54) is 23.9 Å². The number of piperidine rings is 1. The smallest absolute Gasteiger partial charge is 0.232 e. The standard InChI is InChI=1S/C17H22FNO3S/c18-13-1-3-15(4-2-13)23-12-16(21)19-8-6-17(7-9-19)11-14(20)5-10-22-17/h1-4,14,20H,5-12H2. The molecule has 1 aromatic carbocycles. The fourth-order valence-corrected chi connectivity index (χ4v) is 4.08. The van der Waals surface area contributed by atoms with Crippen molar-refractivity contribution in [3.63, 3.8) is 0 Å². The predicted molar refractivity (Wildman–Crippen MR) is 86.9 cm³/mol. The molecule has 126 valence electrons. The first-order chi connectivity index (χ1) is 11.1. The number of amides is 1. The van der Waals surface area contributed by atoms with E-state index in [4.69, 9.17) is 4.74 Å². The molecule has 1 atom stereocenters. The molecule has 2 heterocycles. The molecule has 0 aromatic heterocycles. The maximum atomic E-state index is 12.9. The molecule has 6 heteroatoms. The molecule has 2 aliphatic rings. The number of aliphatic hydroxyl groups is 1. The molecule has 2 fully saturated rings. The largest absolute Gasteiger partial charge is 0.393 e. The minimum absolute atomic E-state index is 0.102. The van der Waals surface area contributed by atoms with Crippen molar-refractivity contribution in [2.75, 3.05) is 25.4 Å². The Morgan fingerprint density at radius 2 is 2.04 bits per heavy atom. The van der Waals surface area contributed by atoms with Crippen molar-refractivity contribution < 1.29 is 19.0 Å². The highest BCUT2D eigenvalue weighted by Gasteiger charge is 2.40. The minimum atomic E-state index is -0.278. The number of hydrogen-bond acceptors (Lipinski definition) is 4. The average Bonchev–Trinajstić information content (AvgIpc) is 2.54. The van der Waals surface area contributed by atoms with Crippen LogP contribution in [0.2, 0.25) is 0 Å². The van der Waals surface area contributed by atoms with Crippen LogP contribution in [-0.2, 0) is 9.53 Å². The summed E-state index contributed by atoms with van der Waals surface area (Å²) in [4.78, 5) is 15.1. The summed E-state index contributed by atoms with van der Waals surface area (Å²) in [5.41, 5.74) is -0.238. The molecular formula is C17H22FNO3S. The highest BCUT2D eigenvalue weighted by molar-refractivity contribution is 8.00. The van der Waals surface area contributed by atoms with Gasteiger partial charge in [0, 0.05) is 31.0 Å². The first-order valence-corrected chi connectivity index (χ1v) is 9.03. The zero-order chi connectivity index (χ0) is 16.3. The van der Waals surface area contributed by atoms with Crippen LogP contribution in [0.5, 0.6) is 0 Å². The van der Waals surface area contributed by atoms with Crippen molar-refractivity contribution in [3.05, 3.63) is 30.1 Å². The Morgan fingerprint density at radius 1 is 1.35 bits per heavy atom. The van der Waals surface area contributed by atoms with Crippen molar-refractivity contribution in [1.29, 1.82) is 0 Å². The monoisotopic (exact) mass is 339 g/mol. The van der Waals surface area contributed by atoms with Crippen LogP contribution in [-0.4, -0.2) is 53.1 Å². The molecule has 1 spiro atoms. The van der Waals surface area contributed by atoms with Gasteiger partial charge in [-0.2, -0.15) is 0 Å². The van der Waals surface area contributed by atoms with Crippen molar-refractivity contribution in [2.24, 2.45) is 0 Å². The maximum absolute atomic E-state index is 12.9. The van der Waals surface area contributed by atoms with Gasteiger partial charge in [-0.15, -0.1) is 11.8 Å². The van der Waals surface area contributed by atoms with Crippen LogP contribution >= 0.6 is 11.8 Å². The second-order valence-corrected chi connectivity index (χ2v) is 7.35. The summed E-state index contributed by atoms with van der Waals surface area (Å²) in [6, 6.07) is 6.19. The quantitative estimate of drug-likeness (QED) is 0.860. The Bertz CT molecular complexity index is 543. The molecule has 3 rings (SSSR count). The van der Waals surface area contributed by atoms with E-state index in [2.05, 4.69) is 0 Å². The number of nitrogens with zero attached hydrogens (tertiary/aromatic N) is 1. The lowest BCUT2D eigenvalue weighted by molar-refractivity contribution is -0.152. The van der Waals surface area contributed by atoms with Gasteiger partial charge in [-0.05, 0) is 43.5 Å². The molecular weight excluding hydrogens is 317 g/mol. The summed E-state index contributed by atoms with van der Waals surface area (Å²) in [7, 11) is 0. The summed E-state index contributed by atoms with van der Waals surface area (Å²) in [6.45, 7) is 1.96. The number of ether oxygens (including phenoxy) is 1. The Kier molecular flexibility index (Phi) is 5.24. The van der Waals surface area contributed by atoms with Gasteiger partial charge >= 0.3 is 0 Å². The molecule has 1 unspecified atom stereocenters. The number of halogens is 1. The molecule has 1 aromatic rings. The van der Waals surface area contributed by atoms with Crippen molar-refractivity contribution in [1.82, 2.24) is 4.90 Å². The first-order valence-electron chi connectivity index (χ1n) is 8.05. The van der Waals surface area contributed by atoms with E-state index in [9.17, 15) is 14.3 Å². The van der Waals surface area contributed by atoms with E-state index in [1.54, 1.807) is 12.1 Å². The Morgan fingerprint density at radius 3 is 2.70 bits per heavy atom. The molecule has 2 aliphatic heterocycles. The third-order valence-electron chi connectivity index (χ3n) is 4.67. The molecule has 23 heavy (non-hydrogen) atoms. The van der Waals surface area contributed by atoms with Crippen LogP contribution in [0, 0.1) is 5.82 Å². The van der Waals surface area contributed by atoms with Crippen LogP contribution in [0.15, 0.2) is 29.2 Å². The van der Waals surface area contributed by atoms with Crippen molar-refractivity contribution in [2.45, 2.75) is 42.3 Å². The van der Waals surface area contributed by atoms with E-state index in [-0.39, 0.29) is 23.4 Å². The molecule has 0 bridgehead atoms. The fourth-order valence-electron chi connectivity index (χ4n) is 3.28. The Labute approximate surface area is 140 Å². The van der Waals surface area contributed by atoms with Gasteiger partial charge in [-0.25, -0.2) is 4.39 Å². The number of aliphatic hydroxyl groups excluding tert-OH is 1. The minimum Gasteiger partial charge on any atom is -0.393 e. The number of carbonyl (C=O) groups excluding carboxylic acids is 1. The SMILES string of the molecule is O=C(CSc1ccc(F)cc1)N1CCC2(CC1)CC(O)CCO2. The zero-order valence-corrected chi connectivity index (χ0v) is 13.9. The van der Waals surface area contributed by atoms with E-state index in [1.807, 2.05) is 4.90 Å². The Hall–Kier alpha value is -1.11. The van der Waals surface area contributed by atoms with E-state index in [0.29, 0.717) is 38.3 Å². The van der Waals surface area contributed by atoms with Gasteiger partial charge in [0.05, 0.1) is 17.5 Å². The Balaban J connectivity index is 1.47. The maximum Gasteiger partial charge on any atom is 0.232 e. The lowest BCUT2D eigenvalue weighted by atomic mass is 9.83. The van der Waals surface area contributed by atoms with Gasteiger partial charge in [0.25, 0.3) is 0 Å². The van der Waals surface area contributed by atoms with Crippen LogP contribution in [0.25, 0.3) is 0 Å². The first kappa shape index (κ1) is 16.7. The number of thioether (sulfide) groups is 1. The number of hydrogen-bond donors (Lipinski definition) is 1. The average molecular weight is 339 g/mol. The second kappa shape index (κ2) is 7.20. The normalized spacial score (nSPS) is 23.9. The predicted octanol–water partition coefficient (Wildman–Crippen LogP) is 2.45. The zero-order valence-electron chi connectivity index (χ0n) is 13.0. The third-order valence-corrected chi connectivity index (χ3v) is 5.67. The van der Waals surface area contributed by atoms with Gasteiger partial charge in [-0.1, -0.05) is 0 Å². The molecule has 0 radical (unpaired) electrons. The van der Waals surface area contributed by atoms with Gasteiger partial charge in [0.1, 0.15) is 5.82 Å².